The third-order valence-electron chi connectivity index (χ3n) is 2.26. The Morgan fingerprint density at radius 2 is 2.38 bits per heavy atom. The van der Waals surface area contributed by atoms with E-state index in [2.05, 4.69) is 4.98 Å². The molecule has 1 aromatic rings. The Hall–Kier alpha value is -1.44. The van der Waals surface area contributed by atoms with Gasteiger partial charge in [0.05, 0.1) is 19.8 Å². The standard InChI is InChI=1S/C9H12N2O5/c12-4-6-5-15-8(16-6)3-11-2-1-7(13)10-9(11)14/h1-2,6,8,12H,3-5H2,(H,10,13,14)/t6-,8+/m1/s1. The normalized spacial score (nSPS) is 24.8. The molecule has 2 atom stereocenters. The van der Waals surface area contributed by atoms with Gasteiger partial charge in [-0.2, -0.15) is 0 Å². The maximum Gasteiger partial charge on any atom is 0.328 e. The van der Waals surface area contributed by atoms with Gasteiger partial charge in [-0.3, -0.25) is 14.3 Å². The predicted molar refractivity (Wildman–Crippen MR) is 53.0 cm³/mol. The van der Waals surface area contributed by atoms with Gasteiger partial charge in [-0.15, -0.1) is 0 Å². The van der Waals surface area contributed by atoms with Gasteiger partial charge in [0.2, 0.25) is 0 Å². The molecule has 16 heavy (non-hydrogen) atoms. The molecule has 0 radical (unpaired) electrons. The monoisotopic (exact) mass is 228 g/mol. The Bertz CT molecular complexity index is 465. The van der Waals surface area contributed by atoms with Crippen molar-refractivity contribution in [1.82, 2.24) is 9.55 Å². The minimum absolute atomic E-state index is 0.114. The Balaban J connectivity index is 2.05. The summed E-state index contributed by atoms with van der Waals surface area (Å²) in [7, 11) is 0. The van der Waals surface area contributed by atoms with Gasteiger partial charge in [-0.05, 0) is 0 Å². The van der Waals surface area contributed by atoms with Crippen LogP contribution in [-0.2, 0) is 16.0 Å². The van der Waals surface area contributed by atoms with Gasteiger partial charge in [0.1, 0.15) is 6.10 Å². The molecule has 7 heteroatoms. The third kappa shape index (κ3) is 2.38. The topological polar surface area (TPSA) is 93.5 Å². The van der Waals surface area contributed by atoms with Gasteiger partial charge in [-0.25, -0.2) is 4.79 Å². The van der Waals surface area contributed by atoms with Gasteiger partial charge in [0.25, 0.3) is 5.56 Å². The van der Waals surface area contributed by atoms with E-state index in [1.54, 1.807) is 0 Å². The summed E-state index contributed by atoms with van der Waals surface area (Å²) in [5, 5.41) is 8.82. The molecular weight excluding hydrogens is 216 g/mol. The van der Waals surface area contributed by atoms with Crippen molar-refractivity contribution in [3.63, 3.8) is 0 Å². The molecule has 0 aromatic carbocycles. The van der Waals surface area contributed by atoms with E-state index in [9.17, 15) is 9.59 Å². The van der Waals surface area contributed by atoms with Crippen LogP contribution in [0.1, 0.15) is 0 Å². The van der Waals surface area contributed by atoms with Crippen molar-refractivity contribution in [3.05, 3.63) is 33.1 Å². The zero-order chi connectivity index (χ0) is 11.5. The van der Waals surface area contributed by atoms with Crippen molar-refractivity contribution >= 4 is 0 Å². The molecule has 2 N–H and O–H groups in total. The zero-order valence-corrected chi connectivity index (χ0v) is 8.46. The SMILES string of the molecule is O=c1ccn(C[C@H]2OC[C@@H](CO)O2)c(=O)[nH]1. The Morgan fingerprint density at radius 1 is 1.56 bits per heavy atom. The van der Waals surface area contributed by atoms with Crippen molar-refractivity contribution in [2.75, 3.05) is 13.2 Å². The van der Waals surface area contributed by atoms with Crippen molar-refractivity contribution in [1.29, 1.82) is 0 Å². The second kappa shape index (κ2) is 4.60. The summed E-state index contributed by atoms with van der Waals surface area (Å²) in [4.78, 5) is 24.3. The summed E-state index contributed by atoms with van der Waals surface area (Å²) in [6.07, 6.45) is 0.462. The lowest BCUT2D eigenvalue weighted by atomic mass is 10.4. The summed E-state index contributed by atoms with van der Waals surface area (Å²) >= 11 is 0. The first-order chi connectivity index (χ1) is 7.69. The average molecular weight is 228 g/mol. The van der Waals surface area contributed by atoms with Crippen LogP contribution in [0.25, 0.3) is 0 Å². The average Bonchev–Trinajstić information content (AvgIpc) is 2.70. The van der Waals surface area contributed by atoms with Crippen molar-refractivity contribution in [3.8, 4) is 0 Å². The fraction of sp³-hybridized carbons (Fsp3) is 0.556. The fourth-order valence-corrected chi connectivity index (χ4v) is 1.45. The van der Waals surface area contributed by atoms with Gasteiger partial charge in [-0.1, -0.05) is 0 Å². The molecule has 0 unspecified atom stereocenters. The predicted octanol–water partition coefficient (Wildman–Crippen LogP) is -1.73. The van der Waals surface area contributed by atoms with E-state index >= 15 is 0 Å². The maximum absolute atomic E-state index is 11.3. The molecule has 7 nitrogen and oxygen atoms in total. The molecule has 2 rings (SSSR count). The third-order valence-corrected chi connectivity index (χ3v) is 2.26. The fourth-order valence-electron chi connectivity index (χ4n) is 1.45. The van der Waals surface area contributed by atoms with E-state index in [4.69, 9.17) is 14.6 Å². The van der Waals surface area contributed by atoms with E-state index in [1.807, 2.05) is 0 Å². The highest BCUT2D eigenvalue weighted by atomic mass is 16.7. The Kier molecular flexibility index (Phi) is 3.18. The molecule has 0 saturated carbocycles. The highest BCUT2D eigenvalue weighted by molar-refractivity contribution is 4.83. The van der Waals surface area contributed by atoms with Crippen LogP contribution in [0.15, 0.2) is 21.9 Å². The minimum Gasteiger partial charge on any atom is -0.394 e. The van der Waals surface area contributed by atoms with Crippen LogP contribution >= 0.6 is 0 Å². The first-order valence-corrected chi connectivity index (χ1v) is 4.87. The van der Waals surface area contributed by atoms with E-state index in [-0.39, 0.29) is 19.3 Å². The molecule has 1 saturated heterocycles. The molecule has 88 valence electrons. The number of hydrogen-bond acceptors (Lipinski definition) is 5. The van der Waals surface area contributed by atoms with E-state index in [0.29, 0.717) is 6.61 Å². The molecule has 0 aliphatic carbocycles. The molecule has 1 aliphatic rings. The summed E-state index contributed by atoms with van der Waals surface area (Å²) in [5.41, 5.74) is -0.949. The first-order valence-electron chi connectivity index (χ1n) is 4.87. The molecule has 2 heterocycles. The summed E-state index contributed by atoms with van der Waals surface area (Å²) < 4.78 is 11.8. The van der Waals surface area contributed by atoms with Gasteiger partial charge < -0.3 is 14.6 Å². The summed E-state index contributed by atoms with van der Waals surface area (Å²) in [6.45, 7) is 0.377. The van der Waals surface area contributed by atoms with E-state index in [1.165, 1.54) is 16.8 Å². The molecule has 0 amide bonds. The van der Waals surface area contributed by atoms with E-state index in [0.717, 1.165) is 0 Å². The number of aromatic amines is 1. The number of nitrogens with one attached hydrogen (secondary N) is 1. The van der Waals surface area contributed by atoms with Gasteiger partial charge in [0, 0.05) is 12.3 Å². The lowest BCUT2D eigenvalue weighted by molar-refractivity contribution is -0.0748. The van der Waals surface area contributed by atoms with Gasteiger partial charge >= 0.3 is 5.69 Å². The molecule has 0 spiro atoms. The smallest absolute Gasteiger partial charge is 0.328 e. The number of ether oxygens (including phenoxy) is 2. The highest BCUT2D eigenvalue weighted by Crippen LogP contribution is 2.11. The molecule has 1 aliphatic heterocycles. The summed E-state index contributed by atoms with van der Waals surface area (Å²) in [6, 6.07) is 1.25. The van der Waals surface area contributed by atoms with Crippen LogP contribution in [0.5, 0.6) is 0 Å². The van der Waals surface area contributed by atoms with Crippen LogP contribution < -0.4 is 11.2 Å². The second-order valence-electron chi connectivity index (χ2n) is 3.47. The number of H-pyrrole nitrogens is 1. The Morgan fingerprint density at radius 3 is 3.00 bits per heavy atom. The maximum atomic E-state index is 11.3. The number of rotatable bonds is 3. The van der Waals surface area contributed by atoms with E-state index < -0.39 is 17.5 Å². The lowest BCUT2D eigenvalue weighted by Gasteiger charge is -2.11. The van der Waals surface area contributed by atoms with Crippen molar-refractivity contribution < 1.29 is 14.6 Å². The number of aromatic nitrogens is 2. The summed E-state index contributed by atoms with van der Waals surface area (Å²) in [5.74, 6) is 0. The molecule has 1 fully saturated rings. The Labute approximate surface area is 90.2 Å². The first kappa shape index (κ1) is 11.1. The van der Waals surface area contributed by atoms with Crippen LogP contribution in [0.4, 0.5) is 0 Å². The lowest BCUT2D eigenvalue weighted by Crippen LogP contribution is -2.32. The largest absolute Gasteiger partial charge is 0.394 e. The van der Waals surface area contributed by atoms with Gasteiger partial charge in [0.15, 0.2) is 6.29 Å². The molecular formula is C9H12N2O5. The molecule has 1 aromatic heterocycles. The number of aliphatic hydroxyl groups is 1. The number of hydrogen-bond donors (Lipinski definition) is 2. The van der Waals surface area contributed by atoms with Crippen LogP contribution in [0.2, 0.25) is 0 Å². The quantitative estimate of drug-likeness (QED) is 0.641. The zero-order valence-electron chi connectivity index (χ0n) is 8.46. The van der Waals surface area contributed by atoms with Crippen LogP contribution in [-0.4, -0.2) is 40.3 Å². The molecule has 0 bridgehead atoms. The van der Waals surface area contributed by atoms with Crippen molar-refractivity contribution in [2.24, 2.45) is 0 Å². The van der Waals surface area contributed by atoms with Crippen molar-refractivity contribution in [2.45, 2.75) is 18.9 Å². The highest BCUT2D eigenvalue weighted by Gasteiger charge is 2.25. The van der Waals surface area contributed by atoms with Crippen LogP contribution in [0.3, 0.4) is 0 Å². The second-order valence-corrected chi connectivity index (χ2v) is 3.47. The van der Waals surface area contributed by atoms with Crippen LogP contribution in [0, 0.1) is 0 Å². The number of aliphatic hydroxyl groups excluding tert-OH is 1. The number of nitrogens with zero attached hydrogens (tertiary/aromatic N) is 1. The minimum atomic E-state index is -0.569.